The maximum absolute atomic E-state index is 13.2. The topological polar surface area (TPSA) is 30.2 Å². The molecule has 18 heavy (non-hydrogen) atoms. The maximum Gasteiger partial charge on any atom is 0.156 e. The highest BCUT2D eigenvalue weighted by Gasteiger charge is 2.08. The van der Waals surface area contributed by atoms with Gasteiger partial charge in [-0.05, 0) is 32.0 Å². The Morgan fingerprint density at radius 3 is 2.72 bits per heavy atom. The highest BCUT2D eigenvalue weighted by molar-refractivity contribution is 5.64. The molecular formula is C14H12FN3. The van der Waals surface area contributed by atoms with Crippen LogP contribution in [-0.2, 0) is 0 Å². The standard InChI is InChI=1S/C14H12FN3/c1-9-6-10(2)18-14(16-9)8-13(17-18)11-4-3-5-12(15)7-11/h3-8H,1-2H3. The zero-order valence-electron chi connectivity index (χ0n) is 10.2. The van der Waals surface area contributed by atoms with Crippen LogP contribution in [0, 0.1) is 19.7 Å². The monoisotopic (exact) mass is 241 g/mol. The highest BCUT2D eigenvalue weighted by atomic mass is 19.1. The average Bonchev–Trinajstić information content (AvgIpc) is 2.73. The lowest BCUT2D eigenvalue weighted by Gasteiger charge is -1.99. The van der Waals surface area contributed by atoms with E-state index in [1.165, 1.54) is 12.1 Å². The fourth-order valence-corrected chi connectivity index (χ4v) is 2.08. The minimum absolute atomic E-state index is 0.259. The van der Waals surface area contributed by atoms with Crippen molar-refractivity contribution in [3.05, 3.63) is 53.6 Å². The summed E-state index contributed by atoms with van der Waals surface area (Å²) in [4.78, 5) is 4.41. The summed E-state index contributed by atoms with van der Waals surface area (Å²) < 4.78 is 15.0. The van der Waals surface area contributed by atoms with E-state index in [0.29, 0.717) is 0 Å². The number of hydrogen-bond acceptors (Lipinski definition) is 2. The van der Waals surface area contributed by atoms with Crippen LogP contribution in [0.3, 0.4) is 0 Å². The van der Waals surface area contributed by atoms with Crippen molar-refractivity contribution in [1.29, 1.82) is 0 Å². The van der Waals surface area contributed by atoms with E-state index in [1.807, 2.05) is 32.0 Å². The van der Waals surface area contributed by atoms with Gasteiger partial charge in [0, 0.05) is 23.0 Å². The molecule has 2 heterocycles. The summed E-state index contributed by atoms with van der Waals surface area (Å²) in [6.07, 6.45) is 0. The lowest BCUT2D eigenvalue weighted by molar-refractivity contribution is 0.628. The smallest absolute Gasteiger partial charge is 0.156 e. The minimum Gasteiger partial charge on any atom is -0.234 e. The quantitative estimate of drug-likeness (QED) is 0.655. The predicted molar refractivity (Wildman–Crippen MR) is 67.9 cm³/mol. The zero-order valence-corrected chi connectivity index (χ0v) is 10.2. The van der Waals surface area contributed by atoms with Crippen LogP contribution in [0.25, 0.3) is 16.9 Å². The van der Waals surface area contributed by atoms with Crippen LogP contribution in [0.15, 0.2) is 36.4 Å². The van der Waals surface area contributed by atoms with Crippen molar-refractivity contribution in [3.63, 3.8) is 0 Å². The first kappa shape index (κ1) is 10.9. The van der Waals surface area contributed by atoms with Crippen molar-refractivity contribution in [3.8, 4) is 11.3 Å². The Labute approximate surface area is 104 Å². The fraction of sp³-hybridized carbons (Fsp3) is 0.143. The molecule has 3 rings (SSSR count). The molecule has 3 aromatic rings. The van der Waals surface area contributed by atoms with Crippen molar-refractivity contribution in [2.75, 3.05) is 0 Å². The molecule has 0 amide bonds. The molecule has 0 fully saturated rings. The summed E-state index contributed by atoms with van der Waals surface area (Å²) >= 11 is 0. The predicted octanol–water partition coefficient (Wildman–Crippen LogP) is 3.15. The molecule has 4 heteroatoms. The van der Waals surface area contributed by atoms with Crippen LogP contribution in [-0.4, -0.2) is 14.6 Å². The maximum atomic E-state index is 13.2. The molecule has 0 saturated carbocycles. The first-order valence-electron chi connectivity index (χ1n) is 5.73. The van der Waals surface area contributed by atoms with Crippen molar-refractivity contribution < 1.29 is 4.39 Å². The van der Waals surface area contributed by atoms with Crippen LogP contribution in [0.5, 0.6) is 0 Å². The van der Waals surface area contributed by atoms with E-state index in [0.717, 1.165) is 28.3 Å². The van der Waals surface area contributed by atoms with Crippen LogP contribution in [0.1, 0.15) is 11.4 Å². The van der Waals surface area contributed by atoms with E-state index in [9.17, 15) is 4.39 Å². The van der Waals surface area contributed by atoms with E-state index in [4.69, 9.17) is 0 Å². The Bertz CT molecular complexity index is 731. The Morgan fingerprint density at radius 2 is 1.94 bits per heavy atom. The van der Waals surface area contributed by atoms with Gasteiger partial charge in [0.1, 0.15) is 5.82 Å². The van der Waals surface area contributed by atoms with Gasteiger partial charge in [0.05, 0.1) is 5.69 Å². The normalized spacial score (nSPS) is 11.1. The number of aromatic nitrogens is 3. The Morgan fingerprint density at radius 1 is 1.11 bits per heavy atom. The lowest BCUT2D eigenvalue weighted by atomic mass is 10.1. The van der Waals surface area contributed by atoms with Crippen LogP contribution in [0.4, 0.5) is 4.39 Å². The molecule has 0 bridgehead atoms. The summed E-state index contributed by atoms with van der Waals surface area (Å²) in [5.41, 5.74) is 4.24. The van der Waals surface area contributed by atoms with Gasteiger partial charge in [-0.3, -0.25) is 0 Å². The molecule has 0 unspecified atom stereocenters. The number of benzene rings is 1. The summed E-state index contributed by atoms with van der Waals surface area (Å²) in [6.45, 7) is 3.92. The lowest BCUT2D eigenvalue weighted by Crippen LogP contribution is -1.96. The van der Waals surface area contributed by atoms with Gasteiger partial charge >= 0.3 is 0 Å². The van der Waals surface area contributed by atoms with Gasteiger partial charge in [-0.2, -0.15) is 5.10 Å². The van der Waals surface area contributed by atoms with E-state index in [1.54, 1.807) is 10.6 Å². The largest absolute Gasteiger partial charge is 0.234 e. The second-order valence-electron chi connectivity index (χ2n) is 4.35. The molecule has 0 N–H and O–H groups in total. The summed E-state index contributed by atoms with van der Waals surface area (Å²) in [5.74, 6) is -0.259. The Kier molecular flexibility index (Phi) is 2.37. The Hall–Kier alpha value is -2.23. The van der Waals surface area contributed by atoms with E-state index < -0.39 is 0 Å². The molecule has 0 radical (unpaired) electrons. The molecule has 0 saturated heterocycles. The van der Waals surface area contributed by atoms with Gasteiger partial charge < -0.3 is 0 Å². The van der Waals surface area contributed by atoms with Crippen molar-refractivity contribution in [2.24, 2.45) is 0 Å². The first-order valence-corrected chi connectivity index (χ1v) is 5.73. The molecule has 0 aliphatic heterocycles. The fourth-order valence-electron chi connectivity index (χ4n) is 2.08. The molecule has 2 aromatic heterocycles. The van der Waals surface area contributed by atoms with E-state index in [2.05, 4.69) is 10.1 Å². The second kappa shape index (κ2) is 3.91. The minimum atomic E-state index is -0.259. The molecule has 0 aliphatic rings. The second-order valence-corrected chi connectivity index (χ2v) is 4.35. The number of hydrogen-bond donors (Lipinski definition) is 0. The summed E-state index contributed by atoms with van der Waals surface area (Å²) in [6, 6.07) is 10.3. The van der Waals surface area contributed by atoms with Gasteiger partial charge in [0.15, 0.2) is 5.65 Å². The molecule has 0 atom stereocenters. The molecule has 90 valence electrons. The molecular weight excluding hydrogens is 229 g/mol. The number of fused-ring (bicyclic) bond motifs is 1. The zero-order chi connectivity index (χ0) is 12.7. The SMILES string of the molecule is Cc1cc(C)n2nc(-c3cccc(F)c3)cc2n1. The molecule has 3 nitrogen and oxygen atoms in total. The molecule has 0 aliphatic carbocycles. The van der Waals surface area contributed by atoms with Gasteiger partial charge in [-0.1, -0.05) is 12.1 Å². The van der Waals surface area contributed by atoms with Gasteiger partial charge in [0.2, 0.25) is 0 Å². The van der Waals surface area contributed by atoms with Gasteiger partial charge in [-0.15, -0.1) is 0 Å². The van der Waals surface area contributed by atoms with Crippen molar-refractivity contribution >= 4 is 5.65 Å². The van der Waals surface area contributed by atoms with Crippen molar-refractivity contribution in [1.82, 2.24) is 14.6 Å². The molecule has 1 aromatic carbocycles. The number of aryl methyl sites for hydroxylation is 2. The summed E-state index contributed by atoms with van der Waals surface area (Å²) in [7, 11) is 0. The van der Waals surface area contributed by atoms with Crippen molar-refractivity contribution in [2.45, 2.75) is 13.8 Å². The summed E-state index contributed by atoms with van der Waals surface area (Å²) in [5, 5.41) is 4.45. The first-order chi connectivity index (χ1) is 8.63. The van der Waals surface area contributed by atoms with Crippen LogP contribution >= 0.6 is 0 Å². The third-order valence-electron chi connectivity index (χ3n) is 2.85. The molecule has 0 spiro atoms. The number of rotatable bonds is 1. The van der Waals surface area contributed by atoms with Crippen LogP contribution in [0.2, 0.25) is 0 Å². The Balaban J connectivity index is 2.22. The average molecular weight is 241 g/mol. The highest BCUT2D eigenvalue weighted by Crippen LogP contribution is 2.20. The third kappa shape index (κ3) is 1.76. The number of nitrogens with zero attached hydrogens (tertiary/aromatic N) is 3. The van der Waals surface area contributed by atoms with Gasteiger partial charge in [-0.25, -0.2) is 13.9 Å². The van der Waals surface area contributed by atoms with Crippen LogP contribution < -0.4 is 0 Å². The van der Waals surface area contributed by atoms with Gasteiger partial charge in [0.25, 0.3) is 0 Å². The van der Waals surface area contributed by atoms with E-state index >= 15 is 0 Å². The van der Waals surface area contributed by atoms with E-state index in [-0.39, 0.29) is 5.82 Å². The third-order valence-corrected chi connectivity index (χ3v) is 2.85. The number of halogens is 1.